The van der Waals surface area contributed by atoms with Gasteiger partial charge in [-0.15, -0.1) is 0 Å². The number of ether oxygens (including phenoxy) is 2. The van der Waals surface area contributed by atoms with Crippen LogP contribution >= 0.6 is 0 Å². The normalized spacial score (nSPS) is 18.8. The summed E-state index contributed by atoms with van der Waals surface area (Å²) in [5.41, 5.74) is 0. The van der Waals surface area contributed by atoms with Gasteiger partial charge < -0.3 is 19.3 Å². The average Bonchev–Trinajstić information content (AvgIpc) is 3.31. The lowest BCUT2D eigenvalue weighted by atomic mass is 10.1. The third-order valence-electron chi connectivity index (χ3n) is 5.66. The van der Waals surface area contributed by atoms with Gasteiger partial charge in [0.05, 0.1) is 0 Å². The molecule has 0 aliphatic carbocycles. The van der Waals surface area contributed by atoms with Gasteiger partial charge in [0.2, 0.25) is 11.8 Å². The molecule has 164 valence electrons. The molecule has 8 heteroatoms. The van der Waals surface area contributed by atoms with Crippen molar-refractivity contribution in [1.29, 1.82) is 0 Å². The van der Waals surface area contributed by atoms with Crippen molar-refractivity contribution >= 4 is 23.8 Å². The van der Waals surface area contributed by atoms with Gasteiger partial charge in [-0.25, -0.2) is 0 Å². The summed E-state index contributed by atoms with van der Waals surface area (Å²) in [6, 6.07) is 0.186. The highest BCUT2D eigenvalue weighted by atomic mass is 16.6. The van der Waals surface area contributed by atoms with E-state index >= 15 is 0 Å². The van der Waals surface area contributed by atoms with Crippen molar-refractivity contribution in [2.75, 3.05) is 26.3 Å². The van der Waals surface area contributed by atoms with Gasteiger partial charge in [-0.2, -0.15) is 0 Å². The molecule has 2 fully saturated rings. The number of rotatable bonds is 12. The predicted octanol–water partition coefficient (Wildman–Crippen LogP) is 2.05. The predicted molar refractivity (Wildman–Crippen MR) is 106 cm³/mol. The maximum atomic E-state index is 11.8. The van der Waals surface area contributed by atoms with Crippen molar-refractivity contribution in [3.63, 3.8) is 0 Å². The Balaban J connectivity index is 1.47. The van der Waals surface area contributed by atoms with Crippen LogP contribution in [0.5, 0.6) is 0 Å². The van der Waals surface area contributed by atoms with Gasteiger partial charge in [0.1, 0.15) is 13.2 Å². The summed E-state index contributed by atoms with van der Waals surface area (Å²) >= 11 is 0. The molecule has 2 rings (SSSR count). The minimum Gasteiger partial charge on any atom is -0.462 e. The highest BCUT2D eigenvalue weighted by Gasteiger charge is 2.26. The van der Waals surface area contributed by atoms with Crippen LogP contribution in [0.2, 0.25) is 0 Å². The summed E-state index contributed by atoms with van der Waals surface area (Å²) in [5.74, 6) is -0.312. The van der Waals surface area contributed by atoms with Gasteiger partial charge in [-0.1, -0.05) is 0 Å². The smallest absolute Gasteiger partial charge is 0.305 e. The van der Waals surface area contributed by atoms with Gasteiger partial charge in [-0.3, -0.25) is 19.2 Å². The molecular weight excluding hydrogens is 376 g/mol. The second-order valence-corrected chi connectivity index (χ2v) is 7.95. The third-order valence-corrected chi connectivity index (χ3v) is 5.66. The number of hydrogen-bond acceptors (Lipinski definition) is 6. The second kappa shape index (κ2) is 11.8. The molecule has 0 aromatic carbocycles. The summed E-state index contributed by atoms with van der Waals surface area (Å²) in [5, 5.41) is 0. The Morgan fingerprint density at radius 1 is 0.828 bits per heavy atom. The van der Waals surface area contributed by atoms with Gasteiger partial charge >= 0.3 is 11.9 Å². The van der Waals surface area contributed by atoms with E-state index in [0.717, 1.165) is 32.4 Å². The lowest BCUT2D eigenvalue weighted by Gasteiger charge is -2.24. The van der Waals surface area contributed by atoms with Crippen LogP contribution in [0.15, 0.2) is 0 Å². The highest BCUT2D eigenvalue weighted by molar-refractivity contribution is 5.79. The van der Waals surface area contributed by atoms with E-state index in [-0.39, 0.29) is 55.5 Å². The third kappa shape index (κ3) is 7.66. The Labute approximate surface area is 172 Å². The first-order valence-electron chi connectivity index (χ1n) is 10.8. The monoisotopic (exact) mass is 410 g/mol. The SMILES string of the molecule is CC(CCCC(=O)OCCOC(=O)CCC(C)N1CCCC1=O)N1CCCC1=O. The average molecular weight is 411 g/mol. The first-order valence-corrected chi connectivity index (χ1v) is 10.8. The molecule has 2 atom stereocenters. The van der Waals surface area contributed by atoms with Crippen molar-refractivity contribution in [3.8, 4) is 0 Å². The highest BCUT2D eigenvalue weighted by Crippen LogP contribution is 2.18. The van der Waals surface area contributed by atoms with Crippen LogP contribution in [0.3, 0.4) is 0 Å². The van der Waals surface area contributed by atoms with E-state index in [1.807, 2.05) is 23.6 Å². The summed E-state index contributed by atoms with van der Waals surface area (Å²) in [7, 11) is 0. The number of nitrogens with zero attached hydrogens (tertiary/aromatic N) is 2. The fourth-order valence-corrected chi connectivity index (χ4v) is 3.91. The van der Waals surface area contributed by atoms with Crippen molar-refractivity contribution < 1.29 is 28.7 Å². The lowest BCUT2D eigenvalue weighted by molar-refractivity contribution is -0.152. The molecule has 0 N–H and O–H groups in total. The Morgan fingerprint density at radius 2 is 1.31 bits per heavy atom. The largest absolute Gasteiger partial charge is 0.462 e. The maximum absolute atomic E-state index is 11.8. The second-order valence-electron chi connectivity index (χ2n) is 7.95. The molecule has 29 heavy (non-hydrogen) atoms. The number of esters is 2. The van der Waals surface area contributed by atoms with Crippen LogP contribution in [0, 0.1) is 0 Å². The van der Waals surface area contributed by atoms with Crippen LogP contribution in [0.25, 0.3) is 0 Å². The van der Waals surface area contributed by atoms with Crippen LogP contribution in [0.4, 0.5) is 0 Å². The minimum atomic E-state index is -0.344. The van der Waals surface area contributed by atoms with E-state index in [9.17, 15) is 19.2 Å². The van der Waals surface area contributed by atoms with Crippen molar-refractivity contribution in [3.05, 3.63) is 0 Å². The van der Waals surface area contributed by atoms with Gasteiger partial charge in [0.15, 0.2) is 0 Å². The zero-order valence-electron chi connectivity index (χ0n) is 17.7. The molecule has 2 heterocycles. The maximum Gasteiger partial charge on any atom is 0.305 e. The van der Waals surface area contributed by atoms with E-state index in [0.29, 0.717) is 32.1 Å². The molecule has 8 nitrogen and oxygen atoms in total. The molecule has 2 saturated heterocycles. The molecule has 2 aliphatic rings. The number of carbonyl (C=O) groups is 4. The fourth-order valence-electron chi connectivity index (χ4n) is 3.91. The topological polar surface area (TPSA) is 93.2 Å². The van der Waals surface area contributed by atoms with E-state index in [1.165, 1.54) is 0 Å². The first-order chi connectivity index (χ1) is 13.9. The Bertz CT molecular complexity index is 594. The van der Waals surface area contributed by atoms with Crippen molar-refractivity contribution in [1.82, 2.24) is 9.80 Å². The van der Waals surface area contributed by atoms with Crippen molar-refractivity contribution in [2.24, 2.45) is 0 Å². The van der Waals surface area contributed by atoms with Gasteiger partial charge in [0, 0.05) is 50.9 Å². The zero-order valence-corrected chi connectivity index (χ0v) is 17.7. The molecule has 0 saturated carbocycles. The first kappa shape index (κ1) is 23.2. The van der Waals surface area contributed by atoms with Crippen molar-refractivity contribution in [2.45, 2.75) is 83.7 Å². The van der Waals surface area contributed by atoms with E-state index in [4.69, 9.17) is 9.47 Å². The van der Waals surface area contributed by atoms with Gasteiger partial charge in [-0.05, 0) is 46.0 Å². The fraction of sp³-hybridized carbons (Fsp3) is 0.810. The molecule has 2 aliphatic heterocycles. The Hall–Kier alpha value is -2.12. The molecular formula is C21H34N2O6. The molecule has 0 aromatic rings. The molecule has 2 unspecified atom stereocenters. The van der Waals surface area contributed by atoms with Crippen LogP contribution < -0.4 is 0 Å². The standard InChI is InChI=1S/C21H34N2O6/c1-16(22-12-4-7-18(22)24)6-3-9-20(26)28-14-15-29-21(27)11-10-17(2)23-13-5-8-19(23)25/h16-17H,3-15H2,1-2H3. The van der Waals surface area contributed by atoms with E-state index in [1.54, 1.807) is 0 Å². The molecule has 0 radical (unpaired) electrons. The molecule has 2 amide bonds. The summed E-state index contributed by atoms with van der Waals surface area (Å²) in [6.45, 7) is 5.61. The Kier molecular flexibility index (Phi) is 9.41. The minimum absolute atomic E-state index is 0.0358. The van der Waals surface area contributed by atoms with Gasteiger partial charge in [0.25, 0.3) is 0 Å². The number of hydrogen-bond donors (Lipinski definition) is 0. The molecule has 0 spiro atoms. The lowest BCUT2D eigenvalue weighted by Crippen LogP contribution is -2.34. The number of amides is 2. The van der Waals surface area contributed by atoms with Crippen LogP contribution in [-0.2, 0) is 28.7 Å². The zero-order chi connectivity index (χ0) is 21.2. The van der Waals surface area contributed by atoms with Crippen LogP contribution in [0.1, 0.15) is 71.6 Å². The van der Waals surface area contributed by atoms with E-state index < -0.39 is 0 Å². The summed E-state index contributed by atoms with van der Waals surface area (Å²) in [6.07, 6.45) is 5.56. The number of likely N-dealkylation sites (tertiary alicyclic amines) is 2. The molecule has 0 aromatic heterocycles. The quantitative estimate of drug-likeness (QED) is 0.361. The summed E-state index contributed by atoms with van der Waals surface area (Å²) in [4.78, 5) is 50.6. The number of carbonyl (C=O) groups excluding carboxylic acids is 4. The summed E-state index contributed by atoms with van der Waals surface area (Å²) < 4.78 is 10.2. The van der Waals surface area contributed by atoms with E-state index in [2.05, 4.69) is 0 Å². The van der Waals surface area contributed by atoms with Crippen LogP contribution in [-0.4, -0.2) is 71.9 Å². The molecule has 0 bridgehead atoms. The Morgan fingerprint density at radius 3 is 1.79 bits per heavy atom.